The highest BCUT2D eigenvalue weighted by atomic mass is 16.5. The van der Waals surface area contributed by atoms with Gasteiger partial charge in [-0.2, -0.15) is 0 Å². The number of rotatable bonds is 6. The predicted molar refractivity (Wildman–Crippen MR) is 144 cm³/mol. The minimum Gasteiger partial charge on any atom is -0.379 e. The van der Waals surface area contributed by atoms with Crippen molar-refractivity contribution in [2.24, 2.45) is 0 Å². The van der Waals surface area contributed by atoms with Crippen LogP contribution in [0.15, 0.2) is 35.3 Å². The number of morpholine rings is 1. The van der Waals surface area contributed by atoms with Crippen molar-refractivity contribution in [3.8, 4) is 0 Å². The Kier molecular flexibility index (Phi) is 6.53. The van der Waals surface area contributed by atoms with Gasteiger partial charge in [0.2, 0.25) is 5.91 Å². The Morgan fingerprint density at radius 3 is 2.78 bits per heavy atom. The standard InChI is InChI=1S/C28H35N5O4/c1-17(36-6)24-16-32(11-12-37-24)20-7-8-21-22(14-20)30-18(2)33(26(21)34)10-9-19-13-23-25(29-15-19)28(3,4)27(35)31(23)5/h7-8,13-15,17,24H,9-12,16H2,1-6H3/t17-,24+/m0/s1. The number of carbonyl (C=O) groups is 1. The number of aromatic nitrogens is 3. The van der Waals surface area contributed by atoms with E-state index in [1.807, 2.05) is 58.2 Å². The fourth-order valence-electron chi connectivity index (χ4n) is 5.37. The number of benzene rings is 1. The average Bonchev–Trinajstić information content (AvgIpc) is 3.07. The summed E-state index contributed by atoms with van der Waals surface area (Å²) in [5.74, 6) is 0.711. The minimum absolute atomic E-state index is 0.00378. The van der Waals surface area contributed by atoms with Crippen molar-refractivity contribution in [1.82, 2.24) is 14.5 Å². The van der Waals surface area contributed by atoms with Crippen LogP contribution < -0.4 is 15.4 Å². The molecule has 37 heavy (non-hydrogen) atoms. The number of amides is 1. The van der Waals surface area contributed by atoms with Crippen molar-refractivity contribution in [2.75, 3.05) is 43.7 Å². The normalized spacial score (nSPS) is 19.9. The third-order valence-corrected chi connectivity index (χ3v) is 7.82. The molecule has 0 N–H and O–H groups in total. The molecule has 4 heterocycles. The second kappa shape index (κ2) is 9.54. The molecule has 5 rings (SSSR count). The second-order valence-corrected chi connectivity index (χ2v) is 10.6. The van der Waals surface area contributed by atoms with E-state index < -0.39 is 5.41 Å². The number of nitrogens with zero attached hydrogens (tertiary/aromatic N) is 5. The first-order valence-corrected chi connectivity index (χ1v) is 12.8. The number of carbonyl (C=O) groups excluding carboxylic acids is 1. The molecule has 1 amide bonds. The van der Waals surface area contributed by atoms with Crippen LogP contribution in [0.3, 0.4) is 0 Å². The molecule has 2 aliphatic rings. The van der Waals surface area contributed by atoms with Crippen LogP contribution >= 0.6 is 0 Å². The first-order chi connectivity index (χ1) is 17.6. The van der Waals surface area contributed by atoms with Gasteiger partial charge in [0, 0.05) is 45.7 Å². The van der Waals surface area contributed by atoms with Gasteiger partial charge < -0.3 is 19.3 Å². The Bertz CT molecular complexity index is 1420. The molecule has 0 spiro atoms. The van der Waals surface area contributed by atoms with Crippen LogP contribution in [0, 0.1) is 6.92 Å². The molecule has 2 atom stereocenters. The van der Waals surface area contributed by atoms with Crippen molar-refractivity contribution in [2.45, 2.75) is 58.3 Å². The Balaban J connectivity index is 1.37. The van der Waals surface area contributed by atoms with Crippen LogP contribution in [0.5, 0.6) is 0 Å². The lowest BCUT2D eigenvalue weighted by molar-refractivity contribution is -0.121. The molecule has 0 radical (unpaired) electrons. The van der Waals surface area contributed by atoms with Crippen molar-refractivity contribution in [1.29, 1.82) is 0 Å². The molecular formula is C28H35N5O4. The lowest BCUT2D eigenvalue weighted by Crippen LogP contribution is -2.47. The van der Waals surface area contributed by atoms with Gasteiger partial charge in [0.15, 0.2) is 0 Å². The molecule has 2 aliphatic heterocycles. The van der Waals surface area contributed by atoms with Gasteiger partial charge in [0.05, 0.1) is 40.4 Å². The molecule has 0 saturated carbocycles. The number of pyridine rings is 1. The first kappa shape index (κ1) is 25.4. The third-order valence-electron chi connectivity index (χ3n) is 7.82. The predicted octanol–water partition coefficient (Wildman–Crippen LogP) is 2.84. The van der Waals surface area contributed by atoms with Crippen LogP contribution in [0.2, 0.25) is 0 Å². The van der Waals surface area contributed by atoms with E-state index in [1.165, 1.54) is 0 Å². The maximum absolute atomic E-state index is 13.4. The van der Waals surface area contributed by atoms with Gasteiger partial charge in [-0.25, -0.2) is 4.98 Å². The van der Waals surface area contributed by atoms with Gasteiger partial charge in [-0.05, 0) is 63.9 Å². The van der Waals surface area contributed by atoms with Crippen LogP contribution in [-0.4, -0.2) is 66.5 Å². The van der Waals surface area contributed by atoms with Crippen LogP contribution in [0.25, 0.3) is 10.9 Å². The van der Waals surface area contributed by atoms with Crippen LogP contribution in [-0.2, 0) is 32.6 Å². The van der Waals surface area contributed by atoms with Crippen LogP contribution in [0.4, 0.5) is 11.4 Å². The average molecular weight is 506 g/mol. The number of hydrogen-bond acceptors (Lipinski definition) is 7. The fraction of sp³-hybridized carbons (Fsp3) is 0.500. The highest BCUT2D eigenvalue weighted by molar-refractivity contribution is 6.06. The van der Waals surface area contributed by atoms with Crippen molar-refractivity contribution in [3.05, 3.63) is 57.9 Å². The zero-order valence-corrected chi connectivity index (χ0v) is 22.4. The zero-order chi connectivity index (χ0) is 26.5. The molecule has 9 heteroatoms. The molecule has 2 aromatic heterocycles. The molecule has 1 aromatic carbocycles. The van der Waals surface area contributed by atoms with E-state index in [4.69, 9.17) is 14.5 Å². The maximum atomic E-state index is 13.4. The highest BCUT2D eigenvalue weighted by Gasteiger charge is 2.43. The highest BCUT2D eigenvalue weighted by Crippen LogP contribution is 2.39. The lowest BCUT2D eigenvalue weighted by Gasteiger charge is -2.36. The summed E-state index contributed by atoms with van der Waals surface area (Å²) >= 11 is 0. The molecule has 196 valence electrons. The molecule has 0 bridgehead atoms. The zero-order valence-electron chi connectivity index (χ0n) is 22.4. The monoisotopic (exact) mass is 505 g/mol. The summed E-state index contributed by atoms with van der Waals surface area (Å²) in [6.45, 7) is 10.3. The molecule has 1 fully saturated rings. The van der Waals surface area contributed by atoms with E-state index in [2.05, 4.69) is 9.88 Å². The molecule has 0 unspecified atom stereocenters. The quantitative estimate of drug-likeness (QED) is 0.509. The Hall–Kier alpha value is -3.30. The third kappa shape index (κ3) is 4.40. The van der Waals surface area contributed by atoms with E-state index in [1.54, 1.807) is 23.6 Å². The van der Waals surface area contributed by atoms with E-state index in [0.717, 1.165) is 35.7 Å². The summed E-state index contributed by atoms with van der Waals surface area (Å²) in [5.41, 5.74) is 3.66. The van der Waals surface area contributed by atoms with Crippen molar-refractivity contribution in [3.63, 3.8) is 0 Å². The molecule has 1 saturated heterocycles. The second-order valence-electron chi connectivity index (χ2n) is 10.6. The molecule has 9 nitrogen and oxygen atoms in total. The summed E-state index contributed by atoms with van der Waals surface area (Å²) in [4.78, 5) is 39.3. The summed E-state index contributed by atoms with van der Waals surface area (Å²) < 4.78 is 13.0. The topological polar surface area (TPSA) is 89.8 Å². The smallest absolute Gasteiger partial charge is 0.261 e. The van der Waals surface area contributed by atoms with E-state index in [9.17, 15) is 9.59 Å². The number of ether oxygens (including phenoxy) is 2. The number of likely N-dealkylation sites (N-methyl/N-ethyl adjacent to an activating group) is 1. The van der Waals surface area contributed by atoms with Gasteiger partial charge in [0.1, 0.15) is 11.9 Å². The van der Waals surface area contributed by atoms with Gasteiger partial charge >= 0.3 is 0 Å². The van der Waals surface area contributed by atoms with E-state index >= 15 is 0 Å². The lowest BCUT2D eigenvalue weighted by atomic mass is 9.90. The SMILES string of the molecule is CO[C@@H](C)[C@H]1CN(c2ccc3c(=O)n(CCc4cnc5c(c4)N(C)C(=O)C5(C)C)c(C)nc3c2)CCO1. The van der Waals surface area contributed by atoms with Crippen LogP contribution in [0.1, 0.15) is 37.9 Å². The largest absolute Gasteiger partial charge is 0.379 e. The number of anilines is 2. The minimum atomic E-state index is -0.624. The van der Waals surface area contributed by atoms with Crippen molar-refractivity contribution >= 4 is 28.2 Å². The number of methoxy groups -OCH3 is 1. The summed E-state index contributed by atoms with van der Waals surface area (Å²) in [6.07, 6.45) is 2.43. The van der Waals surface area contributed by atoms with E-state index in [-0.39, 0.29) is 23.7 Å². The van der Waals surface area contributed by atoms with Crippen molar-refractivity contribution < 1.29 is 14.3 Å². The van der Waals surface area contributed by atoms with Gasteiger partial charge in [0.25, 0.3) is 5.56 Å². The Morgan fingerprint density at radius 2 is 2.03 bits per heavy atom. The Labute approximate surface area is 217 Å². The molecule has 3 aromatic rings. The Morgan fingerprint density at radius 1 is 1.24 bits per heavy atom. The fourth-order valence-corrected chi connectivity index (χ4v) is 5.37. The maximum Gasteiger partial charge on any atom is 0.261 e. The summed E-state index contributed by atoms with van der Waals surface area (Å²) in [6, 6.07) is 7.87. The number of aryl methyl sites for hydroxylation is 2. The summed E-state index contributed by atoms with van der Waals surface area (Å²) in [7, 11) is 3.48. The van der Waals surface area contributed by atoms with E-state index in [0.29, 0.717) is 36.3 Å². The molecular weight excluding hydrogens is 470 g/mol. The molecule has 0 aliphatic carbocycles. The summed E-state index contributed by atoms with van der Waals surface area (Å²) in [5, 5.41) is 0.601. The first-order valence-electron chi connectivity index (χ1n) is 12.8. The number of fused-ring (bicyclic) bond motifs is 2. The van der Waals surface area contributed by atoms with Gasteiger partial charge in [-0.15, -0.1) is 0 Å². The van der Waals surface area contributed by atoms with Gasteiger partial charge in [-0.3, -0.25) is 19.1 Å². The van der Waals surface area contributed by atoms with Gasteiger partial charge in [-0.1, -0.05) is 0 Å². The number of hydrogen-bond donors (Lipinski definition) is 0.